The summed E-state index contributed by atoms with van der Waals surface area (Å²) < 4.78 is 14.9. The summed E-state index contributed by atoms with van der Waals surface area (Å²) in [7, 11) is 2.82. The van der Waals surface area contributed by atoms with Gasteiger partial charge in [0.1, 0.15) is 16.9 Å². The van der Waals surface area contributed by atoms with Gasteiger partial charge in [0.15, 0.2) is 5.78 Å². The van der Waals surface area contributed by atoms with E-state index in [-0.39, 0.29) is 5.56 Å². The largest absolute Gasteiger partial charge is 0.497 e. The molecule has 0 aliphatic rings. The Hall–Kier alpha value is -3.67. The van der Waals surface area contributed by atoms with E-state index in [0.29, 0.717) is 27.8 Å². The van der Waals surface area contributed by atoms with Gasteiger partial charge in [-0.05, 0) is 42.0 Å². The van der Waals surface area contributed by atoms with Gasteiger partial charge in [-0.1, -0.05) is 18.2 Å². The van der Waals surface area contributed by atoms with Gasteiger partial charge in [-0.2, -0.15) is 0 Å². The number of ether oxygens (including phenoxy) is 2. The van der Waals surface area contributed by atoms with E-state index >= 15 is 0 Å². The number of benzene rings is 2. The molecular weight excluding hydrogens is 348 g/mol. The van der Waals surface area contributed by atoms with E-state index in [1.54, 1.807) is 48.5 Å². The molecule has 1 aromatic heterocycles. The van der Waals surface area contributed by atoms with Crippen LogP contribution in [0.3, 0.4) is 0 Å². The summed E-state index contributed by atoms with van der Waals surface area (Å²) in [6.07, 6.45) is 2.84. The highest BCUT2D eigenvalue weighted by Crippen LogP contribution is 2.20. The highest BCUT2D eigenvalue weighted by molar-refractivity contribution is 6.07. The first kappa shape index (κ1) is 18.1. The number of rotatable bonds is 5. The van der Waals surface area contributed by atoms with Crippen LogP contribution < -0.4 is 10.4 Å². The quantitative estimate of drug-likeness (QED) is 0.298. The summed E-state index contributed by atoms with van der Waals surface area (Å²) in [6.45, 7) is 0. The Labute approximate surface area is 154 Å². The van der Waals surface area contributed by atoms with E-state index in [2.05, 4.69) is 4.74 Å². The van der Waals surface area contributed by atoms with Gasteiger partial charge in [-0.3, -0.25) is 4.79 Å². The fourth-order valence-corrected chi connectivity index (χ4v) is 2.50. The lowest BCUT2D eigenvalue weighted by Crippen LogP contribution is -2.11. The van der Waals surface area contributed by atoms with Crippen LogP contribution in [-0.2, 0) is 4.74 Å². The van der Waals surface area contributed by atoms with Crippen molar-refractivity contribution in [1.29, 1.82) is 0 Å². The molecule has 136 valence electrons. The molecule has 0 aliphatic carbocycles. The van der Waals surface area contributed by atoms with Crippen LogP contribution >= 0.6 is 0 Å². The molecule has 27 heavy (non-hydrogen) atoms. The maximum absolute atomic E-state index is 12.4. The average Bonchev–Trinajstić information content (AvgIpc) is 2.70. The maximum Gasteiger partial charge on any atom is 0.347 e. The molecule has 0 saturated heterocycles. The third-order valence-corrected chi connectivity index (χ3v) is 3.97. The van der Waals surface area contributed by atoms with E-state index in [9.17, 15) is 14.4 Å². The van der Waals surface area contributed by atoms with Crippen LogP contribution in [0.4, 0.5) is 0 Å². The zero-order valence-electron chi connectivity index (χ0n) is 14.7. The van der Waals surface area contributed by atoms with Crippen LogP contribution in [0.15, 0.2) is 63.8 Å². The summed E-state index contributed by atoms with van der Waals surface area (Å²) in [5.41, 5.74) is 0.678. The second-order valence-electron chi connectivity index (χ2n) is 5.66. The van der Waals surface area contributed by atoms with E-state index in [1.165, 1.54) is 26.4 Å². The molecule has 0 N–H and O–H groups in total. The van der Waals surface area contributed by atoms with Crippen LogP contribution in [0, 0.1) is 0 Å². The lowest BCUT2D eigenvalue weighted by molar-refractivity contribution is 0.0600. The summed E-state index contributed by atoms with van der Waals surface area (Å²) in [5.74, 6) is -0.356. The number of esters is 1. The first-order valence-corrected chi connectivity index (χ1v) is 8.04. The Morgan fingerprint density at radius 3 is 2.41 bits per heavy atom. The number of methoxy groups -OCH3 is 2. The Morgan fingerprint density at radius 1 is 1.00 bits per heavy atom. The summed E-state index contributed by atoms with van der Waals surface area (Å²) in [6, 6.07) is 13.0. The van der Waals surface area contributed by atoms with Gasteiger partial charge in [0.05, 0.1) is 19.8 Å². The van der Waals surface area contributed by atoms with Gasteiger partial charge in [-0.25, -0.2) is 9.59 Å². The maximum atomic E-state index is 12.4. The second kappa shape index (κ2) is 7.70. The predicted molar refractivity (Wildman–Crippen MR) is 100 cm³/mol. The number of hydrogen-bond acceptors (Lipinski definition) is 6. The first-order valence-electron chi connectivity index (χ1n) is 8.04. The predicted octanol–water partition coefficient (Wildman–Crippen LogP) is 3.48. The lowest BCUT2D eigenvalue weighted by Gasteiger charge is -2.02. The molecular formula is C21H16O6. The van der Waals surface area contributed by atoms with Crippen molar-refractivity contribution in [3.05, 3.63) is 81.7 Å². The topological polar surface area (TPSA) is 82.8 Å². The number of hydrogen-bond donors (Lipinski definition) is 0. The minimum absolute atomic E-state index is 0.0601. The second-order valence-corrected chi connectivity index (χ2v) is 5.66. The number of fused-ring (bicyclic) bond motifs is 1. The Bertz CT molecular complexity index is 1090. The van der Waals surface area contributed by atoms with Crippen LogP contribution in [0.5, 0.6) is 5.75 Å². The lowest BCUT2D eigenvalue weighted by atomic mass is 10.1. The van der Waals surface area contributed by atoms with Gasteiger partial charge < -0.3 is 13.9 Å². The third-order valence-electron chi connectivity index (χ3n) is 3.97. The molecule has 0 fully saturated rings. The van der Waals surface area contributed by atoms with Gasteiger partial charge in [0.2, 0.25) is 0 Å². The average molecular weight is 364 g/mol. The van der Waals surface area contributed by atoms with Crippen molar-refractivity contribution >= 4 is 28.8 Å². The summed E-state index contributed by atoms with van der Waals surface area (Å²) in [5, 5.41) is 0.620. The minimum atomic E-state index is -0.716. The van der Waals surface area contributed by atoms with Crippen LogP contribution in [0.25, 0.3) is 17.0 Å². The van der Waals surface area contributed by atoms with Crippen molar-refractivity contribution < 1.29 is 23.5 Å². The molecule has 6 heteroatoms. The highest BCUT2D eigenvalue weighted by atomic mass is 16.5. The molecule has 1 heterocycles. The van der Waals surface area contributed by atoms with Crippen LogP contribution in [0.1, 0.15) is 26.3 Å². The normalized spacial score (nSPS) is 10.9. The van der Waals surface area contributed by atoms with Crippen molar-refractivity contribution in [2.45, 2.75) is 0 Å². The molecule has 0 saturated carbocycles. The first-order chi connectivity index (χ1) is 13.0. The van der Waals surface area contributed by atoms with E-state index in [4.69, 9.17) is 9.15 Å². The fourth-order valence-electron chi connectivity index (χ4n) is 2.50. The Kier molecular flexibility index (Phi) is 5.17. The van der Waals surface area contributed by atoms with Crippen LogP contribution in [0.2, 0.25) is 0 Å². The van der Waals surface area contributed by atoms with E-state index in [0.717, 1.165) is 0 Å². The van der Waals surface area contributed by atoms with Crippen molar-refractivity contribution in [1.82, 2.24) is 0 Å². The minimum Gasteiger partial charge on any atom is -0.497 e. The standard InChI is InChI=1S/C21H16O6/c1-25-16-9-8-15-11-17(21(24)27-19(15)12-16)18(22)10-5-13-3-6-14(7-4-13)20(23)26-2/h3-12H,1-2H3. The molecule has 0 spiro atoms. The molecule has 0 aliphatic heterocycles. The SMILES string of the molecule is COC(=O)c1ccc(C=CC(=O)c2cc3ccc(OC)cc3oc2=O)cc1. The van der Waals surface area contributed by atoms with Gasteiger partial charge >= 0.3 is 11.6 Å². The molecule has 3 rings (SSSR count). The third kappa shape index (κ3) is 3.95. The molecule has 0 radical (unpaired) electrons. The van der Waals surface area contributed by atoms with Gasteiger partial charge in [-0.15, -0.1) is 0 Å². The highest BCUT2D eigenvalue weighted by Gasteiger charge is 2.12. The van der Waals surface area contributed by atoms with Crippen molar-refractivity contribution in [3.63, 3.8) is 0 Å². The Balaban J connectivity index is 1.85. The molecule has 0 unspecified atom stereocenters. The van der Waals surface area contributed by atoms with Gasteiger partial charge in [0, 0.05) is 11.5 Å². The van der Waals surface area contributed by atoms with Crippen molar-refractivity contribution in [2.75, 3.05) is 14.2 Å². The number of carbonyl (C=O) groups is 2. The molecule has 6 nitrogen and oxygen atoms in total. The summed E-state index contributed by atoms with van der Waals surface area (Å²) in [4.78, 5) is 35.9. The van der Waals surface area contributed by atoms with E-state index < -0.39 is 17.4 Å². The van der Waals surface area contributed by atoms with E-state index in [1.807, 2.05) is 0 Å². The van der Waals surface area contributed by atoms with Crippen molar-refractivity contribution in [2.24, 2.45) is 0 Å². The smallest absolute Gasteiger partial charge is 0.347 e. The molecule has 0 atom stereocenters. The molecule has 2 aromatic carbocycles. The fraction of sp³-hybridized carbons (Fsp3) is 0.0952. The molecule has 3 aromatic rings. The zero-order valence-corrected chi connectivity index (χ0v) is 14.7. The van der Waals surface area contributed by atoms with Gasteiger partial charge in [0.25, 0.3) is 0 Å². The number of ketones is 1. The molecule has 0 bridgehead atoms. The van der Waals surface area contributed by atoms with Crippen LogP contribution in [-0.4, -0.2) is 26.0 Å². The molecule has 0 amide bonds. The monoisotopic (exact) mass is 364 g/mol. The number of allylic oxidation sites excluding steroid dienone is 1. The summed E-state index contributed by atoms with van der Waals surface area (Å²) >= 11 is 0. The zero-order chi connectivity index (χ0) is 19.4. The number of carbonyl (C=O) groups excluding carboxylic acids is 2. The Morgan fingerprint density at radius 2 is 1.74 bits per heavy atom. The van der Waals surface area contributed by atoms with Crippen molar-refractivity contribution in [3.8, 4) is 5.75 Å².